The predicted molar refractivity (Wildman–Crippen MR) is 103 cm³/mol. The van der Waals surface area contributed by atoms with E-state index in [1.807, 2.05) is 45.0 Å². The highest BCUT2D eigenvalue weighted by Gasteiger charge is 2.22. The molecule has 1 N–H and O–H groups in total. The van der Waals surface area contributed by atoms with E-state index in [0.717, 1.165) is 11.1 Å². The van der Waals surface area contributed by atoms with Crippen LogP contribution in [0.3, 0.4) is 0 Å². The van der Waals surface area contributed by atoms with Crippen LogP contribution in [0, 0.1) is 6.92 Å². The average molecular weight is 366 g/mol. The molecule has 7 nitrogen and oxygen atoms in total. The van der Waals surface area contributed by atoms with Gasteiger partial charge >= 0.3 is 5.97 Å². The van der Waals surface area contributed by atoms with E-state index in [4.69, 9.17) is 10.1 Å². The monoisotopic (exact) mass is 366 g/mol. The van der Waals surface area contributed by atoms with Crippen LogP contribution in [-0.4, -0.2) is 50.2 Å². The smallest absolute Gasteiger partial charge is 0.323 e. The highest BCUT2D eigenvalue weighted by atomic mass is 16.4. The predicted octanol–water partition coefficient (Wildman–Crippen LogP) is 3.14. The van der Waals surface area contributed by atoms with Gasteiger partial charge in [-0.1, -0.05) is 24.3 Å². The lowest BCUT2D eigenvalue weighted by Gasteiger charge is -2.16. The van der Waals surface area contributed by atoms with Crippen molar-refractivity contribution >= 4 is 22.9 Å². The van der Waals surface area contributed by atoms with Crippen LogP contribution in [-0.2, 0) is 4.79 Å². The summed E-state index contributed by atoms with van der Waals surface area (Å²) in [6.07, 6.45) is 1.62. The first-order valence-electron chi connectivity index (χ1n) is 8.71. The molecule has 0 saturated carbocycles. The molecule has 3 aromatic rings. The van der Waals surface area contributed by atoms with Gasteiger partial charge in [-0.2, -0.15) is 5.10 Å². The van der Waals surface area contributed by atoms with E-state index in [-0.39, 0.29) is 18.5 Å². The molecule has 27 heavy (non-hydrogen) atoms. The van der Waals surface area contributed by atoms with Gasteiger partial charge in [-0.15, -0.1) is 0 Å². The number of carbonyl (C=O) groups excluding carboxylic acids is 1. The number of carbonyl (C=O) groups is 2. The van der Waals surface area contributed by atoms with E-state index in [2.05, 4.69) is 5.10 Å². The molecule has 7 heteroatoms. The summed E-state index contributed by atoms with van der Waals surface area (Å²) in [5.74, 6) is -1.43. The average Bonchev–Trinajstić information content (AvgIpc) is 3.04. The van der Waals surface area contributed by atoms with E-state index in [1.165, 1.54) is 11.9 Å². The zero-order valence-corrected chi connectivity index (χ0v) is 15.8. The van der Waals surface area contributed by atoms with E-state index in [9.17, 15) is 9.59 Å². The number of hydrogen-bond acceptors (Lipinski definition) is 4. The second kappa shape index (κ2) is 7.19. The fourth-order valence-electron chi connectivity index (χ4n) is 3.05. The Balaban J connectivity index is 2.24. The number of carboxylic acid groups (broad SMARTS) is 1. The molecule has 0 unspecified atom stereocenters. The number of benzene rings is 1. The molecule has 0 saturated heterocycles. The van der Waals surface area contributed by atoms with Crippen molar-refractivity contribution in [3.8, 4) is 11.3 Å². The summed E-state index contributed by atoms with van der Waals surface area (Å²) in [7, 11) is 1.48. The Bertz CT molecular complexity index is 1020. The molecule has 1 aromatic carbocycles. The number of likely N-dealkylation sites (N-methyl/N-ethyl adjacent to an activating group) is 1. The maximum absolute atomic E-state index is 12.9. The fraction of sp³-hybridized carbons (Fsp3) is 0.300. The summed E-state index contributed by atoms with van der Waals surface area (Å²) in [5, 5.41) is 14.0. The first kappa shape index (κ1) is 18.6. The highest BCUT2D eigenvalue weighted by Crippen LogP contribution is 2.28. The molecule has 1 amide bonds. The molecule has 2 aromatic heterocycles. The van der Waals surface area contributed by atoms with Crippen LogP contribution in [0.25, 0.3) is 22.3 Å². The quantitative estimate of drug-likeness (QED) is 0.749. The van der Waals surface area contributed by atoms with E-state index in [1.54, 1.807) is 16.9 Å². The summed E-state index contributed by atoms with van der Waals surface area (Å²) >= 11 is 0. The summed E-state index contributed by atoms with van der Waals surface area (Å²) in [6, 6.07) is 9.60. The summed E-state index contributed by atoms with van der Waals surface area (Å²) < 4.78 is 1.77. The third-order valence-electron chi connectivity index (χ3n) is 4.43. The van der Waals surface area contributed by atoms with Crippen molar-refractivity contribution in [1.29, 1.82) is 0 Å². The molecule has 0 spiro atoms. The largest absolute Gasteiger partial charge is 0.480 e. The van der Waals surface area contributed by atoms with E-state index >= 15 is 0 Å². The van der Waals surface area contributed by atoms with Gasteiger partial charge < -0.3 is 10.0 Å². The van der Waals surface area contributed by atoms with Crippen molar-refractivity contribution < 1.29 is 14.7 Å². The lowest BCUT2D eigenvalue weighted by atomic mass is 10.0. The number of aliphatic carboxylic acids is 1. The zero-order chi connectivity index (χ0) is 19.7. The standard InChI is InChI=1S/C20H22N4O3/c1-12(2)24-19-16(10-21-24)15(20(27)23(4)11-18(25)26)9-17(22-19)14-8-6-5-7-13(14)3/h5-10,12H,11H2,1-4H3,(H,25,26). The van der Waals surface area contributed by atoms with E-state index in [0.29, 0.717) is 22.3 Å². The van der Waals surface area contributed by atoms with Gasteiger partial charge in [-0.3, -0.25) is 9.59 Å². The van der Waals surface area contributed by atoms with Gasteiger partial charge in [-0.25, -0.2) is 9.67 Å². The van der Waals surface area contributed by atoms with Crippen molar-refractivity contribution in [2.45, 2.75) is 26.8 Å². The lowest BCUT2D eigenvalue weighted by molar-refractivity contribution is -0.137. The van der Waals surface area contributed by atoms with Crippen molar-refractivity contribution in [3.05, 3.63) is 47.7 Å². The van der Waals surface area contributed by atoms with Crippen molar-refractivity contribution in [2.24, 2.45) is 0 Å². The van der Waals surface area contributed by atoms with Crippen LogP contribution in [0.4, 0.5) is 0 Å². The number of hydrogen-bond donors (Lipinski definition) is 1. The summed E-state index contributed by atoms with van der Waals surface area (Å²) in [5.41, 5.74) is 3.63. The van der Waals surface area contributed by atoms with Gasteiger partial charge in [0.2, 0.25) is 0 Å². The van der Waals surface area contributed by atoms with Crippen molar-refractivity contribution in [3.63, 3.8) is 0 Å². The molecule has 140 valence electrons. The molecule has 0 radical (unpaired) electrons. The Morgan fingerprint density at radius 2 is 1.96 bits per heavy atom. The summed E-state index contributed by atoms with van der Waals surface area (Å²) in [4.78, 5) is 29.9. The Kier molecular flexibility index (Phi) is 4.94. The Hall–Kier alpha value is -3.22. The molecular weight excluding hydrogens is 344 g/mol. The Morgan fingerprint density at radius 3 is 2.59 bits per heavy atom. The van der Waals surface area contributed by atoms with Gasteiger partial charge in [0.15, 0.2) is 5.65 Å². The first-order chi connectivity index (χ1) is 12.8. The number of fused-ring (bicyclic) bond motifs is 1. The lowest BCUT2D eigenvalue weighted by Crippen LogP contribution is -2.32. The molecule has 3 rings (SSSR count). The SMILES string of the molecule is Cc1ccccc1-c1cc(C(=O)N(C)CC(=O)O)c2cnn(C(C)C)c2n1. The molecule has 0 aliphatic carbocycles. The van der Waals surface area contributed by atoms with Gasteiger partial charge in [0, 0.05) is 18.7 Å². The number of rotatable bonds is 5. The van der Waals surface area contributed by atoms with E-state index < -0.39 is 5.97 Å². The zero-order valence-electron chi connectivity index (χ0n) is 15.8. The van der Waals surface area contributed by atoms with Crippen LogP contribution in [0.15, 0.2) is 36.5 Å². The molecule has 2 heterocycles. The van der Waals surface area contributed by atoms with Crippen LogP contribution < -0.4 is 0 Å². The maximum atomic E-state index is 12.9. The molecule has 0 fully saturated rings. The minimum absolute atomic E-state index is 0.0711. The molecule has 0 aliphatic heterocycles. The minimum Gasteiger partial charge on any atom is -0.480 e. The molecule has 0 aliphatic rings. The molecular formula is C20H22N4O3. The van der Waals surface area contributed by atoms with Gasteiger partial charge in [0.1, 0.15) is 6.54 Å². The number of pyridine rings is 1. The second-order valence-electron chi connectivity index (χ2n) is 6.85. The van der Waals surface area contributed by atoms with Gasteiger partial charge in [-0.05, 0) is 32.4 Å². The molecule has 0 bridgehead atoms. The van der Waals surface area contributed by atoms with Gasteiger partial charge in [0.05, 0.1) is 22.8 Å². The second-order valence-corrected chi connectivity index (χ2v) is 6.85. The minimum atomic E-state index is -1.06. The number of nitrogens with zero attached hydrogens (tertiary/aromatic N) is 4. The third kappa shape index (κ3) is 3.53. The third-order valence-corrected chi connectivity index (χ3v) is 4.43. The van der Waals surface area contributed by atoms with Crippen LogP contribution in [0.2, 0.25) is 0 Å². The number of carboxylic acids is 1. The van der Waals surface area contributed by atoms with Crippen molar-refractivity contribution in [2.75, 3.05) is 13.6 Å². The molecule has 0 atom stereocenters. The normalized spacial score (nSPS) is 11.1. The van der Waals surface area contributed by atoms with Crippen LogP contribution in [0.5, 0.6) is 0 Å². The van der Waals surface area contributed by atoms with Crippen LogP contribution >= 0.6 is 0 Å². The number of aryl methyl sites for hydroxylation is 1. The van der Waals surface area contributed by atoms with Gasteiger partial charge in [0.25, 0.3) is 5.91 Å². The Labute approximate surface area is 157 Å². The topological polar surface area (TPSA) is 88.3 Å². The number of amides is 1. The highest BCUT2D eigenvalue weighted by molar-refractivity contribution is 6.07. The van der Waals surface area contributed by atoms with Crippen molar-refractivity contribution in [1.82, 2.24) is 19.7 Å². The fourth-order valence-corrected chi connectivity index (χ4v) is 3.05. The first-order valence-corrected chi connectivity index (χ1v) is 8.71. The Morgan fingerprint density at radius 1 is 1.26 bits per heavy atom. The number of aromatic nitrogens is 3. The maximum Gasteiger partial charge on any atom is 0.323 e. The van der Waals surface area contributed by atoms with Crippen LogP contribution in [0.1, 0.15) is 35.8 Å². The summed E-state index contributed by atoms with van der Waals surface area (Å²) in [6.45, 7) is 5.60.